The lowest BCUT2D eigenvalue weighted by Crippen LogP contribution is -2.02. The van der Waals surface area contributed by atoms with Crippen LogP contribution < -0.4 is 4.74 Å². The van der Waals surface area contributed by atoms with E-state index in [4.69, 9.17) is 4.74 Å². The van der Waals surface area contributed by atoms with Gasteiger partial charge in [0.1, 0.15) is 5.75 Å². The van der Waals surface area contributed by atoms with Crippen LogP contribution >= 0.6 is 0 Å². The number of rotatable bonds is 3. The molecule has 0 atom stereocenters. The summed E-state index contributed by atoms with van der Waals surface area (Å²) in [7, 11) is 0. The average Bonchev–Trinajstić information content (AvgIpc) is 2.16. The Hall–Kier alpha value is -1.83. The number of benzene rings is 1. The lowest BCUT2D eigenvalue weighted by molar-refractivity contribution is -0.128. The molecule has 0 bridgehead atoms. The quantitative estimate of drug-likeness (QED) is 0.304. The number of para-hydroxylation sites is 1. The van der Waals surface area contributed by atoms with Gasteiger partial charge in [0, 0.05) is 6.08 Å². The Morgan fingerprint density at radius 3 is 2.62 bits per heavy atom. The van der Waals surface area contributed by atoms with E-state index in [1.165, 1.54) is 18.2 Å². The molecule has 0 amide bonds. The molecule has 1 aromatic rings. The lowest BCUT2D eigenvalue weighted by atomic mass is 10.3. The highest BCUT2D eigenvalue weighted by Gasteiger charge is 1.96. The zero-order chi connectivity index (χ0) is 9.52. The molecule has 1 rings (SSSR count). The van der Waals surface area contributed by atoms with Gasteiger partial charge in [-0.3, -0.25) is 0 Å². The smallest absolute Gasteiger partial charge is 0.336 e. The molecule has 66 valence electrons. The van der Waals surface area contributed by atoms with Crippen LogP contribution in [0.1, 0.15) is 0 Å². The van der Waals surface area contributed by atoms with Crippen LogP contribution in [0.15, 0.2) is 55.1 Å². The molecule has 0 heterocycles. The fourth-order valence-corrected chi connectivity index (χ4v) is 0.785. The summed E-state index contributed by atoms with van der Waals surface area (Å²) in [5, 5.41) is 0. The minimum Gasteiger partial charge on any atom is -0.423 e. The van der Waals surface area contributed by atoms with Crippen molar-refractivity contribution in [1.29, 1.82) is 0 Å². The van der Waals surface area contributed by atoms with Crippen LogP contribution in [0, 0.1) is 0 Å². The molecule has 2 heteroatoms. The van der Waals surface area contributed by atoms with Gasteiger partial charge in [-0.05, 0) is 12.1 Å². The van der Waals surface area contributed by atoms with Gasteiger partial charge in [0.25, 0.3) is 0 Å². The van der Waals surface area contributed by atoms with Crippen LogP contribution in [-0.2, 0) is 4.79 Å². The third-order valence-corrected chi connectivity index (χ3v) is 1.33. The maximum atomic E-state index is 11.0. The third kappa shape index (κ3) is 3.38. The highest BCUT2D eigenvalue weighted by atomic mass is 16.5. The Kier molecular flexibility index (Phi) is 3.51. The van der Waals surface area contributed by atoms with E-state index in [1.54, 1.807) is 24.3 Å². The summed E-state index contributed by atoms with van der Waals surface area (Å²) in [6.07, 6.45) is 4.37. The number of esters is 1. The molecule has 2 nitrogen and oxygen atoms in total. The van der Waals surface area contributed by atoms with Crippen molar-refractivity contribution in [3.05, 3.63) is 55.1 Å². The monoisotopic (exact) mass is 174 g/mol. The van der Waals surface area contributed by atoms with Gasteiger partial charge < -0.3 is 4.74 Å². The zero-order valence-corrected chi connectivity index (χ0v) is 7.14. The summed E-state index contributed by atoms with van der Waals surface area (Å²) in [4.78, 5) is 11.0. The second-order valence-electron chi connectivity index (χ2n) is 2.33. The van der Waals surface area contributed by atoms with Crippen molar-refractivity contribution in [1.82, 2.24) is 0 Å². The molecule has 0 aliphatic heterocycles. The lowest BCUT2D eigenvalue weighted by Gasteiger charge is -1.98. The Labute approximate surface area is 77.2 Å². The number of hydrogen-bond donors (Lipinski definition) is 0. The third-order valence-electron chi connectivity index (χ3n) is 1.33. The Balaban J connectivity index is 2.55. The van der Waals surface area contributed by atoms with E-state index >= 15 is 0 Å². The van der Waals surface area contributed by atoms with E-state index in [-0.39, 0.29) is 0 Å². The predicted molar refractivity (Wildman–Crippen MR) is 51.4 cm³/mol. The summed E-state index contributed by atoms with van der Waals surface area (Å²) >= 11 is 0. The molecular weight excluding hydrogens is 164 g/mol. The van der Waals surface area contributed by atoms with Crippen LogP contribution in [0.4, 0.5) is 0 Å². The first-order valence-electron chi connectivity index (χ1n) is 3.89. The van der Waals surface area contributed by atoms with Gasteiger partial charge in [-0.25, -0.2) is 4.79 Å². The molecule has 0 aliphatic rings. The second-order valence-corrected chi connectivity index (χ2v) is 2.33. The van der Waals surface area contributed by atoms with Crippen molar-refractivity contribution < 1.29 is 9.53 Å². The van der Waals surface area contributed by atoms with Gasteiger partial charge in [0.2, 0.25) is 0 Å². The van der Waals surface area contributed by atoms with Gasteiger partial charge in [-0.2, -0.15) is 0 Å². The predicted octanol–water partition coefficient (Wildman–Crippen LogP) is 2.33. The van der Waals surface area contributed by atoms with Gasteiger partial charge in [-0.15, -0.1) is 0 Å². The molecule has 0 unspecified atom stereocenters. The first kappa shape index (κ1) is 9.26. The number of ether oxygens (including phenoxy) is 1. The topological polar surface area (TPSA) is 26.3 Å². The SMILES string of the molecule is C=CC=CC(=O)Oc1ccccc1. The van der Waals surface area contributed by atoms with Crippen LogP contribution in [-0.4, -0.2) is 5.97 Å². The van der Waals surface area contributed by atoms with Gasteiger partial charge in [0.15, 0.2) is 0 Å². The summed E-state index contributed by atoms with van der Waals surface area (Å²) in [6.45, 7) is 3.45. The Morgan fingerprint density at radius 1 is 1.31 bits per heavy atom. The fourth-order valence-electron chi connectivity index (χ4n) is 0.785. The Morgan fingerprint density at radius 2 is 2.00 bits per heavy atom. The van der Waals surface area contributed by atoms with Crippen LogP contribution in [0.3, 0.4) is 0 Å². The van der Waals surface area contributed by atoms with E-state index in [1.807, 2.05) is 6.07 Å². The molecular formula is C11H10O2. The molecule has 13 heavy (non-hydrogen) atoms. The highest BCUT2D eigenvalue weighted by molar-refractivity contribution is 5.84. The zero-order valence-electron chi connectivity index (χ0n) is 7.14. The number of carbonyl (C=O) groups excluding carboxylic acids is 1. The molecule has 0 spiro atoms. The van der Waals surface area contributed by atoms with Crippen molar-refractivity contribution in [2.45, 2.75) is 0 Å². The summed E-state index contributed by atoms with van der Waals surface area (Å²) in [6, 6.07) is 8.91. The molecule has 0 saturated heterocycles. The van der Waals surface area contributed by atoms with Crippen molar-refractivity contribution in [2.24, 2.45) is 0 Å². The van der Waals surface area contributed by atoms with E-state index in [2.05, 4.69) is 6.58 Å². The van der Waals surface area contributed by atoms with Crippen molar-refractivity contribution in [2.75, 3.05) is 0 Å². The highest BCUT2D eigenvalue weighted by Crippen LogP contribution is 2.08. The fraction of sp³-hybridized carbons (Fsp3) is 0. The van der Waals surface area contributed by atoms with E-state index in [0.717, 1.165) is 0 Å². The van der Waals surface area contributed by atoms with Gasteiger partial charge >= 0.3 is 5.97 Å². The van der Waals surface area contributed by atoms with Crippen molar-refractivity contribution >= 4 is 5.97 Å². The van der Waals surface area contributed by atoms with E-state index < -0.39 is 5.97 Å². The standard InChI is InChI=1S/C11H10O2/c1-2-3-9-11(12)13-10-7-5-4-6-8-10/h2-9H,1H2. The van der Waals surface area contributed by atoms with Gasteiger partial charge in [0.05, 0.1) is 0 Å². The number of hydrogen-bond acceptors (Lipinski definition) is 2. The number of carbonyl (C=O) groups is 1. The molecule has 0 radical (unpaired) electrons. The Bertz CT molecular complexity index is 312. The molecule has 0 aromatic heterocycles. The van der Waals surface area contributed by atoms with Gasteiger partial charge in [-0.1, -0.05) is 36.9 Å². The molecule has 0 fully saturated rings. The maximum absolute atomic E-state index is 11.0. The second kappa shape index (κ2) is 4.93. The molecule has 0 saturated carbocycles. The van der Waals surface area contributed by atoms with Crippen LogP contribution in [0.25, 0.3) is 0 Å². The van der Waals surface area contributed by atoms with E-state index in [9.17, 15) is 4.79 Å². The van der Waals surface area contributed by atoms with Crippen molar-refractivity contribution in [3.63, 3.8) is 0 Å². The molecule has 1 aromatic carbocycles. The van der Waals surface area contributed by atoms with E-state index in [0.29, 0.717) is 5.75 Å². The maximum Gasteiger partial charge on any atom is 0.336 e. The summed E-state index contributed by atoms with van der Waals surface area (Å²) < 4.78 is 4.94. The summed E-state index contributed by atoms with van der Waals surface area (Å²) in [5.41, 5.74) is 0. The van der Waals surface area contributed by atoms with Crippen LogP contribution in [0.5, 0.6) is 5.75 Å². The normalized spacial score (nSPS) is 9.85. The minimum absolute atomic E-state index is 0.397. The summed E-state index contributed by atoms with van der Waals surface area (Å²) in [5.74, 6) is 0.146. The first-order valence-corrected chi connectivity index (χ1v) is 3.89. The largest absolute Gasteiger partial charge is 0.423 e. The first-order chi connectivity index (χ1) is 6.33. The molecule has 0 N–H and O–H groups in total. The number of allylic oxidation sites excluding steroid dienone is 2. The average molecular weight is 174 g/mol. The van der Waals surface area contributed by atoms with Crippen LogP contribution in [0.2, 0.25) is 0 Å². The minimum atomic E-state index is -0.397. The molecule has 0 aliphatic carbocycles. The van der Waals surface area contributed by atoms with Crippen molar-refractivity contribution in [3.8, 4) is 5.75 Å².